The van der Waals surface area contributed by atoms with Gasteiger partial charge in [0.05, 0.1) is 12.1 Å². The highest BCUT2D eigenvalue weighted by Crippen LogP contribution is 2.35. The van der Waals surface area contributed by atoms with Crippen LogP contribution in [0, 0.1) is 19.8 Å². The molecule has 3 heterocycles. The van der Waals surface area contributed by atoms with Crippen LogP contribution >= 0.6 is 0 Å². The summed E-state index contributed by atoms with van der Waals surface area (Å²) in [5.41, 5.74) is 2.36. The molecular weight excluding hydrogens is 370 g/mol. The van der Waals surface area contributed by atoms with Gasteiger partial charge in [-0.3, -0.25) is 9.78 Å². The van der Waals surface area contributed by atoms with Gasteiger partial charge in [-0.15, -0.1) is 10.2 Å². The zero-order valence-electron chi connectivity index (χ0n) is 16.7. The van der Waals surface area contributed by atoms with E-state index in [1.807, 2.05) is 32.0 Å². The number of nitrogens with zero attached hydrogens (tertiary/aromatic N) is 4. The Balaban J connectivity index is 1.25. The number of aryl methyl sites for hydroxylation is 2. The van der Waals surface area contributed by atoms with Crippen LogP contribution in [-0.2, 0) is 11.2 Å². The van der Waals surface area contributed by atoms with E-state index >= 15 is 0 Å². The van der Waals surface area contributed by atoms with Crippen molar-refractivity contribution in [1.29, 1.82) is 0 Å². The van der Waals surface area contributed by atoms with Crippen LogP contribution in [0.25, 0.3) is 11.6 Å². The molecule has 0 atom stereocenters. The zero-order valence-corrected chi connectivity index (χ0v) is 16.7. The lowest BCUT2D eigenvalue weighted by atomic mass is 9.82. The normalized spacial score (nSPS) is 19.2. The Morgan fingerprint density at radius 1 is 1.17 bits per heavy atom. The second kappa shape index (κ2) is 8.55. The monoisotopic (exact) mass is 395 g/mol. The van der Waals surface area contributed by atoms with E-state index in [1.165, 1.54) is 0 Å². The van der Waals surface area contributed by atoms with Gasteiger partial charge in [0, 0.05) is 24.2 Å². The van der Waals surface area contributed by atoms with Gasteiger partial charge in [-0.1, -0.05) is 11.2 Å². The molecule has 1 aliphatic rings. The fourth-order valence-electron chi connectivity index (χ4n) is 3.84. The third-order valence-corrected chi connectivity index (χ3v) is 5.63. The zero-order chi connectivity index (χ0) is 20.2. The van der Waals surface area contributed by atoms with Crippen LogP contribution in [0.4, 0.5) is 0 Å². The largest absolute Gasteiger partial charge is 0.419 e. The fraction of sp³-hybridized carbons (Fsp3) is 0.476. The van der Waals surface area contributed by atoms with Gasteiger partial charge < -0.3 is 14.3 Å². The van der Waals surface area contributed by atoms with E-state index in [-0.39, 0.29) is 11.8 Å². The van der Waals surface area contributed by atoms with Crippen LogP contribution in [0.1, 0.15) is 54.5 Å². The molecule has 8 nitrogen and oxygen atoms in total. The Morgan fingerprint density at radius 3 is 2.69 bits per heavy atom. The molecule has 3 aromatic rings. The lowest BCUT2D eigenvalue weighted by Crippen LogP contribution is -2.32. The molecule has 1 amide bonds. The third kappa shape index (κ3) is 4.52. The molecule has 4 rings (SSSR count). The highest BCUT2D eigenvalue weighted by molar-refractivity contribution is 5.79. The molecular formula is C21H25N5O3. The molecule has 3 aromatic heterocycles. The molecule has 0 radical (unpaired) electrons. The first kappa shape index (κ1) is 19.3. The summed E-state index contributed by atoms with van der Waals surface area (Å²) < 4.78 is 11.0. The summed E-state index contributed by atoms with van der Waals surface area (Å²) in [4.78, 5) is 16.5. The summed E-state index contributed by atoms with van der Waals surface area (Å²) in [5.74, 6) is 2.62. The Bertz CT molecular complexity index is 938. The molecule has 1 saturated carbocycles. The van der Waals surface area contributed by atoms with Crippen molar-refractivity contribution in [2.45, 2.75) is 51.9 Å². The predicted molar refractivity (Wildman–Crippen MR) is 105 cm³/mol. The maximum atomic E-state index is 12.3. The van der Waals surface area contributed by atoms with E-state index in [4.69, 9.17) is 8.94 Å². The molecule has 1 fully saturated rings. The molecule has 152 valence electrons. The Labute approximate surface area is 169 Å². The molecule has 1 aliphatic carbocycles. The highest BCUT2D eigenvalue weighted by atomic mass is 16.5. The van der Waals surface area contributed by atoms with Crippen molar-refractivity contribution in [2.75, 3.05) is 6.54 Å². The topological polar surface area (TPSA) is 107 Å². The van der Waals surface area contributed by atoms with Crippen LogP contribution in [0.3, 0.4) is 0 Å². The van der Waals surface area contributed by atoms with Gasteiger partial charge >= 0.3 is 0 Å². The van der Waals surface area contributed by atoms with E-state index < -0.39 is 0 Å². The first-order chi connectivity index (χ1) is 14.1. The smallest absolute Gasteiger partial charge is 0.266 e. The standard InChI is InChI=1S/C21H25N5O3/c1-13-17(14(2)29-26-13)11-19(27)23-12-15-6-8-16(9-7-15)20-24-25-21(28-20)18-5-3-4-10-22-18/h3-5,10,15-16H,6-9,11-12H2,1-2H3,(H,23,27). The van der Waals surface area contributed by atoms with E-state index in [9.17, 15) is 4.79 Å². The van der Waals surface area contributed by atoms with E-state index in [1.54, 1.807) is 6.20 Å². The molecule has 0 bridgehead atoms. The van der Waals surface area contributed by atoms with Crippen molar-refractivity contribution < 1.29 is 13.7 Å². The molecule has 1 N–H and O–H groups in total. The van der Waals surface area contributed by atoms with Crippen molar-refractivity contribution >= 4 is 5.91 Å². The van der Waals surface area contributed by atoms with E-state index in [0.717, 1.165) is 36.9 Å². The molecule has 29 heavy (non-hydrogen) atoms. The Morgan fingerprint density at radius 2 is 2.00 bits per heavy atom. The first-order valence-corrected chi connectivity index (χ1v) is 10.0. The van der Waals surface area contributed by atoms with Crippen molar-refractivity contribution in [1.82, 2.24) is 25.7 Å². The molecule has 0 spiro atoms. The Kier molecular flexibility index (Phi) is 5.69. The summed E-state index contributed by atoms with van der Waals surface area (Å²) in [6, 6.07) is 5.62. The van der Waals surface area contributed by atoms with Gasteiger partial charge in [0.25, 0.3) is 5.89 Å². The quantitative estimate of drug-likeness (QED) is 0.682. The van der Waals surface area contributed by atoms with Crippen LogP contribution in [-0.4, -0.2) is 32.8 Å². The maximum Gasteiger partial charge on any atom is 0.266 e. The van der Waals surface area contributed by atoms with Crippen LogP contribution < -0.4 is 5.32 Å². The summed E-state index contributed by atoms with van der Waals surface area (Å²) in [6.45, 7) is 4.38. The predicted octanol–water partition coefficient (Wildman–Crippen LogP) is 3.37. The number of hydrogen-bond acceptors (Lipinski definition) is 7. The van der Waals surface area contributed by atoms with Gasteiger partial charge in [-0.2, -0.15) is 0 Å². The van der Waals surface area contributed by atoms with Crippen molar-refractivity contribution in [2.24, 2.45) is 5.92 Å². The minimum Gasteiger partial charge on any atom is -0.419 e. The van der Waals surface area contributed by atoms with Gasteiger partial charge in [-0.25, -0.2) is 0 Å². The number of rotatable bonds is 6. The second-order valence-corrected chi connectivity index (χ2v) is 7.66. The van der Waals surface area contributed by atoms with Gasteiger partial charge in [0.15, 0.2) is 0 Å². The molecule has 0 unspecified atom stereocenters. The fourth-order valence-corrected chi connectivity index (χ4v) is 3.84. The van der Waals surface area contributed by atoms with Gasteiger partial charge in [0.2, 0.25) is 11.8 Å². The molecule has 0 aromatic carbocycles. The van der Waals surface area contributed by atoms with Crippen LogP contribution in [0.15, 0.2) is 33.3 Å². The molecule has 8 heteroatoms. The minimum absolute atomic E-state index is 0.0124. The van der Waals surface area contributed by atoms with Gasteiger partial charge in [0.1, 0.15) is 11.5 Å². The third-order valence-electron chi connectivity index (χ3n) is 5.63. The van der Waals surface area contributed by atoms with Crippen LogP contribution in [0.2, 0.25) is 0 Å². The van der Waals surface area contributed by atoms with Gasteiger partial charge in [-0.05, 0) is 57.6 Å². The number of carbonyl (C=O) groups excluding carboxylic acids is 1. The molecule has 0 saturated heterocycles. The molecule has 0 aliphatic heterocycles. The van der Waals surface area contributed by atoms with Crippen molar-refractivity contribution in [3.63, 3.8) is 0 Å². The van der Waals surface area contributed by atoms with Crippen LogP contribution in [0.5, 0.6) is 0 Å². The number of amides is 1. The Hall–Kier alpha value is -3.03. The van der Waals surface area contributed by atoms with E-state index in [2.05, 4.69) is 25.7 Å². The SMILES string of the molecule is Cc1noc(C)c1CC(=O)NCC1CCC(c2nnc(-c3ccccn3)o2)CC1. The second-order valence-electron chi connectivity index (χ2n) is 7.66. The minimum atomic E-state index is 0.0124. The van der Waals surface area contributed by atoms with Crippen molar-refractivity contribution in [3.05, 3.63) is 47.3 Å². The highest BCUT2D eigenvalue weighted by Gasteiger charge is 2.27. The number of carbonyl (C=O) groups is 1. The number of nitrogens with one attached hydrogen (secondary N) is 1. The lowest BCUT2D eigenvalue weighted by molar-refractivity contribution is -0.120. The average Bonchev–Trinajstić information content (AvgIpc) is 3.36. The van der Waals surface area contributed by atoms with E-state index in [0.29, 0.717) is 42.1 Å². The number of aromatic nitrogens is 4. The summed E-state index contributed by atoms with van der Waals surface area (Å²) in [5, 5.41) is 15.3. The first-order valence-electron chi connectivity index (χ1n) is 10.0. The maximum absolute atomic E-state index is 12.3. The summed E-state index contributed by atoms with van der Waals surface area (Å²) in [6.07, 6.45) is 6.04. The average molecular weight is 395 g/mol. The number of pyridine rings is 1. The number of hydrogen-bond donors (Lipinski definition) is 1. The summed E-state index contributed by atoms with van der Waals surface area (Å²) in [7, 11) is 0. The summed E-state index contributed by atoms with van der Waals surface area (Å²) >= 11 is 0. The lowest BCUT2D eigenvalue weighted by Gasteiger charge is -2.26. The van der Waals surface area contributed by atoms with Crippen molar-refractivity contribution in [3.8, 4) is 11.6 Å².